The SMILES string of the molecule is O=C(c1cc(Cl)ccc1I)N1CCC[C@H]2CCCC[C@H]21. The fourth-order valence-electron chi connectivity index (χ4n) is 3.69. The van der Waals surface area contributed by atoms with Crippen LogP contribution in [0.2, 0.25) is 5.02 Å². The van der Waals surface area contributed by atoms with Gasteiger partial charge in [0.1, 0.15) is 0 Å². The van der Waals surface area contributed by atoms with Crippen LogP contribution < -0.4 is 0 Å². The first-order chi connectivity index (χ1) is 9.66. The summed E-state index contributed by atoms with van der Waals surface area (Å²) in [5, 5.41) is 0.644. The van der Waals surface area contributed by atoms with E-state index in [0.717, 1.165) is 28.0 Å². The van der Waals surface area contributed by atoms with Gasteiger partial charge < -0.3 is 4.90 Å². The molecule has 3 rings (SSSR count). The highest BCUT2D eigenvalue weighted by molar-refractivity contribution is 14.1. The van der Waals surface area contributed by atoms with Gasteiger partial charge >= 0.3 is 0 Å². The molecule has 1 aromatic carbocycles. The molecule has 108 valence electrons. The lowest BCUT2D eigenvalue weighted by atomic mass is 9.78. The van der Waals surface area contributed by atoms with E-state index < -0.39 is 0 Å². The Bertz CT molecular complexity index is 517. The van der Waals surface area contributed by atoms with Crippen LogP contribution in [0.15, 0.2) is 18.2 Å². The molecule has 1 amide bonds. The number of carbonyl (C=O) groups is 1. The maximum Gasteiger partial charge on any atom is 0.255 e. The Hall–Kier alpha value is -0.290. The predicted octanol–water partition coefficient (Wildman–Crippen LogP) is 4.74. The van der Waals surface area contributed by atoms with Gasteiger partial charge in [-0.05, 0) is 72.4 Å². The molecule has 2 fully saturated rings. The van der Waals surface area contributed by atoms with Crippen molar-refractivity contribution in [3.8, 4) is 0 Å². The van der Waals surface area contributed by atoms with Gasteiger partial charge in [0.15, 0.2) is 0 Å². The monoisotopic (exact) mass is 403 g/mol. The van der Waals surface area contributed by atoms with Crippen molar-refractivity contribution in [2.24, 2.45) is 5.92 Å². The normalized spacial score (nSPS) is 26.2. The molecule has 0 N–H and O–H groups in total. The van der Waals surface area contributed by atoms with Gasteiger partial charge in [-0.2, -0.15) is 0 Å². The highest BCUT2D eigenvalue weighted by Gasteiger charge is 2.36. The molecule has 0 spiro atoms. The van der Waals surface area contributed by atoms with E-state index in [9.17, 15) is 4.79 Å². The molecule has 0 radical (unpaired) electrons. The number of hydrogen-bond donors (Lipinski definition) is 0. The lowest BCUT2D eigenvalue weighted by Gasteiger charge is -2.44. The quantitative estimate of drug-likeness (QED) is 0.620. The van der Waals surface area contributed by atoms with Crippen LogP contribution in [0, 0.1) is 9.49 Å². The van der Waals surface area contributed by atoms with E-state index >= 15 is 0 Å². The molecule has 2 atom stereocenters. The number of halogens is 2. The lowest BCUT2D eigenvalue weighted by Crippen LogP contribution is -2.49. The third-order valence-corrected chi connectivity index (χ3v) is 5.84. The molecular weight excluding hydrogens is 385 g/mol. The van der Waals surface area contributed by atoms with Crippen molar-refractivity contribution in [2.45, 2.75) is 44.6 Å². The van der Waals surface area contributed by atoms with Crippen LogP contribution in [0.4, 0.5) is 0 Å². The van der Waals surface area contributed by atoms with E-state index in [0.29, 0.717) is 11.1 Å². The van der Waals surface area contributed by atoms with Gasteiger partial charge in [-0.1, -0.05) is 24.4 Å². The zero-order valence-electron chi connectivity index (χ0n) is 11.4. The van der Waals surface area contributed by atoms with E-state index in [1.54, 1.807) is 0 Å². The van der Waals surface area contributed by atoms with Gasteiger partial charge in [-0.25, -0.2) is 0 Å². The molecule has 1 saturated carbocycles. The zero-order chi connectivity index (χ0) is 14.1. The summed E-state index contributed by atoms with van der Waals surface area (Å²) in [5.41, 5.74) is 0.768. The van der Waals surface area contributed by atoms with Crippen molar-refractivity contribution in [3.05, 3.63) is 32.4 Å². The molecular formula is C16H19ClINO. The first kappa shape index (κ1) is 14.6. The molecule has 1 heterocycles. The minimum Gasteiger partial charge on any atom is -0.335 e. The molecule has 0 aromatic heterocycles. The van der Waals surface area contributed by atoms with Crippen molar-refractivity contribution in [1.82, 2.24) is 4.90 Å². The van der Waals surface area contributed by atoms with Crippen molar-refractivity contribution in [3.63, 3.8) is 0 Å². The molecule has 1 saturated heterocycles. The second kappa shape index (κ2) is 6.22. The molecule has 1 aromatic rings. The smallest absolute Gasteiger partial charge is 0.255 e. The van der Waals surface area contributed by atoms with Gasteiger partial charge in [0.2, 0.25) is 0 Å². The number of fused-ring (bicyclic) bond motifs is 1. The summed E-state index contributed by atoms with van der Waals surface area (Å²) in [6.45, 7) is 0.905. The minimum atomic E-state index is 0.175. The highest BCUT2D eigenvalue weighted by atomic mass is 127. The molecule has 2 aliphatic rings. The Morgan fingerprint density at radius 2 is 1.95 bits per heavy atom. The number of hydrogen-bond acceptors (Lipinski definition) is 1. The van der Waals surface area contributed by atoms with Crippen molar-refractivity contribution in [1.29, 1.82) is 0 Å². The number of amides is 1. The van der Waals surface area contributed by atoms with Crippen LogP contribution in [0.3, 0.4) is 0 Å². The Labute approximate surface area is 139 Å². The zero-order valence-corrected chi connectivity index (χ0v) is 14.4. The van der Waals surface area contributed by atoms with Crippen molar-refractivity contribution < 1.29 is 4.79 Å². The molecule has 1 aliphatic carbocycles. The second-order valence-electron chi connectivity index (χ2n) is 5.88. The largest absolute Gasteiger partial charge is 0.335 e. The highest BCUT2D eigenvalue weighted by Crippen LogP contribution is 2.36. The third-order valence-electron chi connectivity index (χ3n) is 4.66. The van der Waals surface area contributed by atoms with Crippen LogP contribution >= 0.6 is 34.2 Å². The minimum absolute atomic E-state index is 0.175. The molecule has 1 aliphatic heterocycles. The average Bonchev–Trinajstić information content (AvgIpc) is 2.48. The van der Waals surface area contributed by atoms with Gasteiger partial charge in [0.05, 0.1) is 5.56 Å². The van der Waals surface area contributed by atoms with Gasteiger partial charge in [0, 0.05) is 21.2 Å². The van der Waals surface area contributed by atoms with Crippen molar-refractivity contribution >= 4 is 40.1 Å². The Morgan fingerprint density at radius 1 is 1.20 bits per heavy atom. The van der Waals surface area contributed by atoms with Crippen LogP contribution in [0.5, 0.6) is 0 Å². The summed E-state index contributed by atoms with van der Waals surface area (Å²) < 4.78 is 0.995. The number of rotatable bonds is 1. The third kappa shape index (κ3) is 2.84. The molecule has 4 heteroatoms. The lowest BCUT2D eigenvalue weighted by molar-refractivity contribution is 0.0389. The topological polar surface area (TPSA) is 20.3 Å². The fourth-order valence-corrected chi connectivity index (χ4v) is 4.43. The number of piperidine rings is 1. The van der Waals surface area contributed by atoms with E-state index in [4.69, 9.17) is 11.6 Å². The Balaban J connectivity index is 1.87. The summed E-state index contributed by atoms with van der Waals surface area (Å²) in [4.78, 5) is 15.0. The first-order valence-electron chi connectivity index (χ1n) is 7.43. The molecule has 0 bridgehead atoms. The summed E-state index contributed by atoms with van der Waals surface area (Å²) in [6.07, 6.45) is 7.50. The van der Waals surface area contributed by atoms with E-state index in [2.05, 4.69) is 27.5 Å². The van der Waals surface area contributed by atoms with Crippen LogP contribution in [0.1, 0.15) is 48.9 Å². The van der Waals surface area contributed by atoms with Crippen LogP contribution in [0.25, 0.3) is 0 Å². The Kier molecular flexibility index (Phi) is 4.55. The average molecular weight is 404 g/mol. The predicted molar refractivity (Wildman–Crippen MR) is 90.2 cm³/mol. The fraction of sp³-hybridized carbons (Fsp3) is 0.562. The summed E-state index contributed by atoms with van der Waals surface area (Å²) >= 11 is 8.29. The van der Waals surface area contributed by atoms with Gasteiger partial charge in [0.25, 0.3) is 5.91 Å². The molecule has 2 nitrogen and oxygen atoms in total. The van der Waals surface area contributed by atoms with Crippen molar-refractivity contribution in [2.75, 3.05) is 6.54 Å². The van der Waals surface area contributed by atoms with E-state index in [-0.39, 0.29) is 5.91 Å². The van der Waals surface area contributed by atoms with E-state index in [1.807, 2.05) is 18.2 Å². The second-order valence-corrected chi connectivity index (χ2v) is 7.48. The summed E-state index contributed by atoms with van der Waals surface area (Å²) in [5.74, 6) is 0.895. The van der Waals surface area contributed by atoms with Crippen LogP contribution in [-0.4, -0.2) is 23.4 Å². The molecule has 0 unspecified atom stereocenters. The number of carbonyl (C=O) groups excluding carboxylic acids is 1. The summed E-state index contributed by atoms with van der Waals surface area (Å²) in [6, 6.07) is 6.05. The maximum absolute atomic E-state index is 12.9. The number of benzene rings is 1. The first-order valence-corrected chi connectivity index (χ1v) is 8.88. The standard InChI is InChI=1S/C16H19ClINO/c17-12-7-8-14(18)13(10-12)16(20)19-9-3-5-11-4-1-2-6-15(11)19/h7-8,10-11,15H,1-6,9H2/t11-,15-/m1/s1. The van der Waals surface area contributed by atoms with E-state index in [1.165, 1.54) is 32.1 Å². The number of likely N-dealkylation sites (tertiary alicyclic amines) is 1. The summed E-state index contributed by atoms with van der Waals surface area (Å²) in [7, 11) is 0. The van der Waals surface area contributed by atoms with Gasteiger partial charge in [-0.3, -0.25) is 4.79 Å². The number of nitrogens with zero attached hydrogens (tertiary/aromatic N) is 1. The maximum atomic E-state index is 12.9. The van der Waals surface area contributed by atoms with Gasteiger partial charge in [-0.15, -0.1) is 0 Å². The molecule has 20 heavy (non-hydrogen) atoms. The van der Waals surface area contributed by atoms with Crippen LogP contribution in [-0.2, 0) is 0 Å². The Morgan fingerprint density at radius 3 is 2.80 bits per heavy atom.